The molecular formula is C57H59N3O. The lowest BCUT2D eigenvalue weighted by Gasteiger charge is -2.26. The lowest BCUT2D eigenvalue weighted by Crippen LogP contribution is -2.16. The molecule has 2 heterocycles. The van der Waals surface area contributed by atoms with Crippen LogP contribution in [-0.2, 0) is 10.8 Å². The Morgan fingerprint density at radius 3 is 2.05 bits per heavy atom. The average molecular weight is 812 g/mol. The van der Waals surface area contributed by atoms with Crippen LogP contribution >= 0.6 is 0 Å². The highest BCUT2D eigenvalue weighted by Crippen LogP contribution is 2.45. The number of hydrogen-bond acceptors (Lipinski definition) is 3. The van der Waals surface area contributed by atoms with Crippen LogP contribution in [0.4, 0.5) is 0 Å². The van der Waals surface area contributed by atoms with Gasteiger partial charge in [0.15, 0.2) is 0 Å². The van der Waals surface area contributed by atoms with Gasteiger partial charge in [-0.2, -0.15) is 0 Å². The van der Waals surface area contributed by atoms with E-state index < -0.39 is 65.8 Å². The van der Waals surface area contributed by atoms with Crippen molar-refractivity contribution in [2.75, 3.05) is 0 Å². The van der Waals surface area contributed by atoms with Gasteiger partial charge in [0.2, 0.25) is 0 Å². The Balaban J connectivity index is 1.45. The second kappa shape index (κ2) is 16.0. The van der Waals surface area contributed by atoms with E-state index in [0.29, 0.717) is 28.0 Å². The van der Waals surface area contributed by atoms with Crippen LogP contribution in [0.5, 0.6) is 5.75 Å². The normalized spacial score (nSPS) is 14.8. The van der Waals surface area contributed by atoms with Crippen LogP contribution in [0, 0.1) is 6.85 Å². The van der Waals surface area contributed by atoms with Gasteiger partial charge in [-0.3, -0.25) is 9.55 Å². The predicted octanol–water partition coefficient (Wildman–Crippen LogP) is 15.6. The number of rotatable bonds is 8. The highest BCUT2D eigenvalue weighted by atomic mass is 16.3. The van der Waals surface area contributed by atoms with Crippen molar-refractivity contribution in [2.45, 2.75) is 98.8 Å². The molecule has 0 unspecified atom stereocenters. The number of benzene rings is 6. The zero-order chi connectivity index (χ0) is 52.0. The van der Waals surface area contributed by atoms with Crippen LogP contribution < -0.4 is 0 Å². The third-order valence-corrected chi connectivity index (χ3v) is 11.4. The molecule has 0 aliphatic heterocycles. The predicted molar refractivity (Wildman–Crippen MR) is 258 cm³/mol. The highest BCUT2D eigenvalue weighted by Gasteiger charge is 2.28. The molecule has 8 rings (SSSR count). The number of phenols is 1. The fraction of sp³-hybridized carbons (Fsp3) is 0.263. The van der Waals surface area contributed by atoms with E-state index >= 15 is 0 Å². The maximum absolute atomic E-state index is 12.3. The first-order valence-corrected chi connectivity index (χ1v) is 21.0. The molecule has 2 aromatic heterocycles. The molecule has 0 fully saturated rings. The molecule has 0 aliphatic carbocycles. The lowest BCUT2D eigenvalue weighted by atomic mass is 9.83. The fourth-order valence-electron chi connectivity index (χ4n) is 7.89. The molecule has 61 heavy (non-hydrogen) atoms. The monoisotopic (exact) mass is 812 g/mol. The SMILES string of the molecule is [2H]c1nc(-c2cc(-c3cccc4c3nc(-c3cc(C(C)C)cc(C(C)C)c3O)n4-c3ccc(-c4ccccc4)cc3C(C)(C)C)cc(C(C)(C)C)c2)c([2H])c(-c2c([2H])c([2H])c(C([2H])([2H])[2H])c([2H])c2[2H])c1[2H]. The standard InChI is InChI=1S/C57H59N3O/c1-35(2)42-31-47(36(3)4)54(61)48(32-42)55-59-53-46(18-15-19-52(53)60(55)51-25-24-40(33-49(51)57(9,10)11)38-16-13-12-14-17-38)43-28-44(30-45(29-43)56(6,7)8)50-34-41(26-27-58-50)39-22-20-37(5)21-23-39/h12-36,61H,1-11H3/i5D3,20D,21D,22D,23D,26D,27D,34D. The van der Waals surface area contributed by atoms with Gasteiger partial charge in [-0.05, 0) is 128 Å². The van der Waals surface area contributed by atoms with E-state index in [4.69, 9.17) is 17.3 Å². The summed E-state index contributed by atoms with van der Waals surface area (Å²) in [4.78, 5) is 9.99. The smallest absolute Gasteiger partial charge is 0.149 e. The summed E-state index contributed by atoms with van der Waals surface area (Å²) in [6.45, 7) is 18.2. The van der Waals surface area contributed by atoms with Gasteiger partial charge < -0.3 is 5.11 Å². The summed E-state index contributed by atoms with van der Waals surface area (Å²) in [5, 5.41) is 12.3. The van der Waals surface area contributed by atoms with Crippen molar-refractivity contribution in [3.63, 3.8) is 0 Å². The zero-order valence-corrected chi connectivity index (χ0v) is 36.7. The molecule has 0 radical (unpaired) electrons. The van der Waals surface area contributed by atoms with Gasteiger partial charge >= 0.3 is 0 Å². The van der Waals surface area contributed by atoms with Gasteiger partial charge in [0.1, 0.15) is 11.6 Å². The van der Waals surface area contributed by atoms with Crippen molar-refractivity contribution >= 4 is 11.0 Å². The van der Waals surface area contributed by atoms with Gasteiger partial charge in [-0.1, -0.05) is 160 Å². The van der Waals surface area contributed by atoms with Crippen LogP contribution in [0.15, 0.2) is 139 Å². The van der Waals surface area contributed by atoms with E-state index in [1.54, 1.807) is 0 Å². The Bertz CT molecular complexity index is 3390. The number of aromatic hydroxyl groups is 1. The largest absolute Gasteiger partial charge is 0.507 e. The van der Waals surface area contributed by atoms with Crippen molar-refractivity contribution in [1.82, 2.24) is 14.5 Å². The van der Waals surface area contributed by atoms with E-state index in [2.05, 4.69) is 100 Å². The molecule has 0 aliphatic rings. The van der Waals surface area contributed by atoms with Crippen molar-refractivity contribution in [1.29, 1.82) is 0 Å². The first-order chi connectivity index (χ1) is 33.1. The zero-order valence-electron chi connectivity index (χ0n) is 46.7. The molecule has 0 atom stereocenters. The number of nitrogens with zero attached hydrogens (tertiary/aromatic N) is 3. The average Bonchev–Trinajstić information content (AvgIpc) is 3.69. The number of pyridine rings is 1. The molecular weight excluding hydrogens is 743 g/mol. The van der Waals surface area contributed by atoms with Crippen LogP contribution in [0.2, 0.25) is 0 Å². The van der Waals surface area contributed by atoms with Crippen LogP contribution in [0.25, 0.3) is 72.7 Å². The maximum atomic E-state index is 12.3. The Morgan fingerprint density at radius 2 is 1.38 bits per heavy atom. The molecule has 1 N–H and O–H groups in total. The Labute approximate surface area is 377 Å². The third-order valence-electron chi connectivity index (χ3n) is 11.4. The van der Waals surface area contributed by atoms with Crippen molar-refractivity contribution in [3.8, 4) is 67.5 Å². The summed E-state index contributed by atoms with van der Waals surface area (Å²) < 4.78 is 88.2. The Hall–Kier alpha value is -6.26. The van der Waals surface area contributed by atoms with Gasteiger partial charge in [0, 0.05) is 21.4 Å². The quantitative estimate of drug-likeness (QED) is 0.166. The second-order valence-corrected chi connectivity index (χ2v) is 18.6. The minimum atomic E-state index is -2.96. The molecule has 4 heteroatoms. The fourth-order valence-corrected chi connectivity index (χ4v) is 7.89. The van der Waals surface area contributed by atoms with Gasteiger partial charge in [-0.25, -0.2) is 4.98 Å². The van der Waals surface area contributed by atoms with E-state index in [1.165, 1.54) is 0 Å². The van der Waals surface area contributed by atoms with E-state index in [0.717, 1.165) is 50.1 Å². The van der Waals surface area contributed by atoms with Crippen LogP contribution in [-0.4, -0.2) is 19.6 Å². The van der Waals surface area contributed by atoms with E-state index in [-0.39, 0.29) is 34.3 Å². The molecule has 0 amide bonds. The van der Waals surface area contributed by atoms with E-state index in [1.807, 2.05) is 75.4 Å². The van der Waals surface area contributed by atoms with E-state index in [9.17, 15) is 6.48 Å². The summed E-state index contributed by atoms with van der Waals surface area (Å²) in [5.74, 6) is 0.863. The molecule has 4 nitrogen and oxygen atoms in total. The summed E-state index contributed by atoms with van der Waals surface area (Å²) in [7, 11) is 0. The highest BCUT2D eigenvalue weighted by molar-refractivity contribution is 5.97. The first kappa shape index (κ1) is 30.7. The van der Waals surface area contributed by atoms with Gasteiger partial charge in [-0.15, -0.1) is 0 Å². The summed E-state index contributed by atoms with van der Waals surface area (Å²) >= 11 is 0. The third kappa shape index (κ3) is 8.16. The second-order valence-electron chi connectivity index (χ2n) is 18.6. The van der Waals surface area contributed by atoms with Gasteiger partial charge in [0.25, 0.3) is 0 Å². The number of aromatic nitrogens is 3. The minimum Gasteiger partial charge on any atom is -0.507 e. The molecule has 308 valence electrons. The van der Waals surface area contributed by atoms with Crippen LogP contribution in [0.1, 0.15) is 123 Å². The summed E-state index contributed by atoms with van der Waals surface area (Å²) in [5.41, 5.74) is 8.21. The molecule has 0 bridgehead atoms. The number of para-hydroxylation sites is 1. The van der Waals surface area contributed by atoms with Crippen molar-refractivity contribution < 1.29 is 18.8 Å². The number of hydrogen-bond donors (Lipinski definition) is 1. The minimum absolute atomic E-state index is 0.0103. The molecule has 0 spiro atoms. The summed E-state index contributed by atoms with van der Waals surface area (Å²) in [6.07, 6.45) is -0.562. The number of fused-ring (bicyclic) bond motifs is 1. The topological polar surface area (TPSA) is 50.9 Å². The van der Waals surface area contributed by atoms with Gasteiger partial charge in [0.05, 0.1) is 37.6 Å². The maximum Gasteiger partial charge on any atom is 0.149 e. The number of phenolic OH excluding ortho intramolecular Hbond substituents is 1. The molecule has 0 saturated heterocycles. The first-order valence-electron chi connectivity index (χ1n) is 26.0. The van der Waals surface area contributed by atoms with Crippen molar-refractivity contribution in [3.05, 3.63) is 167 Å². The molecule has 0 saturated carbocycles. The molecule has 6 aromatic carbocycles. The summed E-state index contributed by atoms with van der Waals surface area (Å²) in [6, 6.07) is 28.5. The Kier molecular flexibility index (Phi) is 8.04. The Morgan fingerprint density at radius 1 is 0.639 bits per heavy atom. The molecule has 8 aromatic rings. The van der Waals surface area contributed by atoms with Crippen molar-refractivity contribution in [2.24, 2.45) is 0 Å². The number of imidazole rings is 1. The van der Waals surface area contributed by atoms with Crippen LogP contribution in [0.3, 0.4) is 0 Å². The lowest BCUT2D eigenvalue weighted by molar-refractivity contribution is 0.466.